The SMILES string of the molecule is Cc1cc(C(=O)O)nc(CN2CCC(F)(F)CC2)n1. The number of likely N-dealkylation sites (tertiary alicyclic amines) is 1. The zero-order chi connectivity index (χ0) is 14.0. The van der Waals surface area contributed by atoms with Crippen molar-refractivity contribution < 1.29 is 18.7 Å². The van der Waals surface area contributed by atoms with Crippen LogP contribution in [0.3, 0.4) is 0 Å². The van der Waals surface area contributed by atoms with Crippen molar-refractivity contribution in [2.24, 2.45) is 0 Å². The predicted octanol–water partition coefficient (Wildman–Crippen LogP) is 1.71. The van der Waals surface area contributed by atoms with Gasteiger partial charge >= 0.3 is 5.97 Å². The van der Waals surface area contributed by atoms with Crippen LogP contribution in [0.25, 0.3) is 0 Å². The zero-order valence-corrected chi connectivity index (χ0v) is 10.6. The van der Waals surface area contributed by atoms with Gasteiger partial charge in [-0.05, 0) is 13.0 Å². The first-order valence-corrected chi connectivity index (χ1v) is 6.04. The number of piperidine rings is 1. The van der Waals surface area contributed by atoms with Gasteiger partial charge in [-0.3, -0.25) is 4.90 Å². The number of hydrogen-bond donors (Lipinski definition) is 1. The van der Waals surface area contributed by atoms with Gasteiger partial charge in [-0.2, -0.15) is 0 Å². The predicted molar refractivity (Wildman–Crippen MR) is 63.2 cm³/mol. The lowest BCUT2D eigenvalue weighted by atomic mass is 10.1. The van der Waals surface area contributed by atoms with Gasteiger partial charge in [0, 0.05) is 31.6 Å². The molecule has 1 aromatic rings. The van der Waals surface area contributed by atoms with Gasteiger partial charge in [0.2, 0.25) is 0 Å². The number of nitrogens with zero attached hydrogens (tertiary/aromatic N) is 3. The third-order valence-corrected chi connectivity index (χ3v) is 3.07. The molecule has 2 heterocycles. The Morgan fingerprint density at radius 1 is 1.42 bits per heavy atom. The lowest BCUT2D eigenvalue weighted by Crippen LogP contribution is -2.39. The van der Waals surface area contributed by atoms with Gasteiger partial charge in [0.15, 0.2) is 5.69 Å². The molecular formula is C12H15F2N3O2. The van der Waals surface area contributed by atoms with E-state index >= 15 is 0 Å². The van der Waals surface area contributed by atoms with Crippen molar-refractivity contribution in [1.29, 1.82) is 0 Å². The molecule has 0 amide bonds. The number of aryl methyl sites for hydroxylation is 1. The molecule has 1 fully saturated rings. The summed E-state index contributed by atoms with van der Waals surface area (Å²) in [6, 6.07) is 1.39. The number of halogens is 2. The smallest absolute Gasteiger partial charge is 0.354 e. The van der Waals surface area contributed by atoms with Crippen LogP contribution >= 0.6 is 0 Å². The van der Waals surface area contributed by atoms with Crippen LogP contribution < -0.4 is 0 Å². The van der Waals surface area contributed by atoms with E-state index in [1.807, 2.05) is 4.90 Å². The van der Waals surface area contributed by atoms with Gasteiger partial charge in [0.1, 0.15) is 5.82 Å². The number of carboxylic acids is 1. The van der Waals surface area contributed by atoms with Crippen molar-refractivity contribution in [1.82, 2.24) is 14.9 Å². The number of carbonyl (C=O) groups is 1. The minimum absolute atomic E-state index is 0.0650. The van der Waals surface area contributed by atoms with Crippen molar-refractivity contribution in [2.75, 3.05) is 13.1 Å². The molecule has 0 spiro atoms. The molecule has 1 aliphatic heterocycles. The Labute approximate surface area is 109 Å². The summed E-state index contributed by atoms with van der Waals surface area (Å²) in [5, 5.41) is 8.91. The molecule has 104 valence electrons. The first-order chi connectivity index (χ1) is 8.85. The van der Waals surface area contributed by atoms with E-state index in [0.29, 0.717) is 18.1 Å². The van der Waals surface area contributed by atoms with Crippen LogP contribution in [0.2, 0.25) is 0 Å². The lowest BCUT2D eigenvalue weighted by molar-refractivity contribution is -0.0570. The topological polar surface area (TPSA) is 66.3 Å². The fourth-order valence-electron chi connectivity index (χ4n) is 2.05. The Hall–Kier alpha value is -1.63. The van der Waals surface area contributed by atoms with Crippen LogP contribution in [0.1, 0.15) is 34.8 Å². The number of aromatic nitrogens is 2. The Morgan fingerprint density at radius 3 is 2.63 bits per heavy atom. The summed E-state index contributed by atoms with van der Waals surface area (Å²) in [6.07, 6.45) is -0.352. The van der Waals surface area contributed by atoms with E-state index in [0.717, 1.165) is 0 Å². The maximum Gasteiger partial charge on any atom is 0.354 e. The van der Waals surface area contributed by atoms with E-state index in [1.54, 1.807) is 6.92 Å². The second-order valence-corrected chi connectivity index (χ2v) is 4.75. The van der Waals surface area contributed by atoms with Crippen molar-refractivity contribution in [3.05, 3.63) is 23.3 Å². The maximum atomic E-state index is 13.0. The molecule has 1 N–H and O–H groups in total. The van der Waals surface area contributed by atoms with Crippen molar-refractivity contribution in [3.63, 3.8) is 0 Å². The number of rotatable bonds is 3. The Bertz CT molecular complexity index is 484. The summed E-state index contributed by atoms with van der Waals surface area (Å²) in [6.45, 7) is 2.53. The minimum atomic E-state index is -2.59. The zero-order valence-electron chi connectivity index (χ0n) is 10.6. The normalized spacial score (nSPS) is 19.3. The van der Waals surface area contributed by atoms with Gasteiger partial charge in [0.25, 0.3) is 5.92 Å². The highest BCUT2D eigenvalue weighted by Gasteiger charge is 2.34. The molecule has 5 nitrogen and oxygen atoms in total. The standard InChI is InChI=1S/C12H15F2N3O2/c1-8-6-9(11(18)19)16-10(15-8)7-17-4-2-12(13,14)3-5-17/h6H,2-5,7H2,1H3,(H,18,19). The second-order valence-electron chi connectivity index (χ2n) is 4.75. The molecule has 1 aliphatic rings. The van der Waals surface area contributed by atoms with E-state index in [9.17, 15) is 13.6 Å². The lowest BCUT2D eigenvalue weighted by Gasteiger charge is -2.31. The maximum absolute atomic E-state index is 13.0. The Balaban J connectivity index is 2.05. The number of alkyl halides is 2. The Kier molecular flexibility index (Phi) is 3.75. The van der Waals surface area contributed by atoms with Crippen LogP contribution in [0.5, 0.6) is 0 Å². The molecular weight excluding hydrogens is 256 g/mol. The Morgan fingerprint density at radius 2 is 2.05 bits per heavy atom. The summed E-state index contributed by atoms with van der Waals surface area (Å²) < 4.78 is 26.0. The molecule has 0 radical (unpaired) electrons. The van der Waals surface area contributed by atoms with E-state index in [1.165, 1.54) is 6.07 Å². The van der Waals surface area contributed by atoms with E-state index in [4.69, 9.17) is 5.11 Å². The van der Waals surface area contributed by atoms with Gasteiger partial charge in [-0.25, -0.2) is 23.5 Å². The highest BCUT2D eigenvalue weighted by Crippen LogP contribution is 2.28. The molecule has 0 aliphatic carbocycles. The van der Waals surface area contributed by atoms with Gasteiger partial charge < -0.3 is 5.11 Å². The number of aromatic carboxylic acids is 1. The average Bonchev–Trinajstić information content (AvgIpc) is 2.31. The summed E-state index contributed by atoms with van der Waals surface area (Å²) in [4.78, 5) is 20.8. The molecule has 19 heavy (non-hydrogen) atoms. The molecule has 0 atom stereocenters. The first kappa shape index (κ1) is 13.8. The molecule has 1 saturated heterocycles. The molecule has 0 bridgehead atoms. The van der Waals surface area contributed by atoms with Crippen molar-refractivity contribution in [2.45, 2.75) is 32.2 Å². The van der Waals surface area contributed by atoms with Crippen molar-refractivity contribution >= 4 is 5.97 Å². The molecule has 0 unspecified atom stereocenters. The largest absolute Gasteiger partial charge is 0.477 e. The number of carboxylic acid groups (broad SMARTS) is 1. The monoisotopic (exact) mass is 271 g/mol. The van der Waals surface area contributed by atoms with Gasteiger partial charge in [0.05, 0.1) is 6.54 Å². The summed E-state index contributed by atoms with van der Waals surface area (Å²) >= 11 is 0. The third kappa shape index (κ3) is 3.66. The molecule has 0 saturated carbocycles. The molecule has 2 rings (SSSR count). The van der Waals surface area contributed by atoms with Crippen LogP contribution in [0, 0.1) is 6.92 Å². The first-order valence-electron chi connectivity index (χ1n) is 6.04. The highest BCUT2D eigenvalue weighted by atomic mass is 19.3. The fourth-order valence-corrected chi connectivity index (χ4v) is 2.05. The van der Waals surface area contributed by atoms with Crippen molar-refractivity contribution in [3.8, 4) is 0 Å². The van der Waals surface area contributed by atoms with E-state index in [-0.39, 0.29) is 31.6 Å². The fraction of sp³-hybridized carbons (Fsp3) is 0.583. The molecule has 1 aromatic heterocycles. The van der Waals surface area contributed by atoms with E-state index < -0.39 is 11.9 Å². The average molecular weight is 271 g/mol. The summed E-state index contributed by atoms with van der Waals surface area (Å²) in [5.41, 5.74) is 0.495. The van der Waals surface area contributed by atoms with E-state index in [2.05, 4.69) is 9.97 Å². The highest BCUT2D eigenvalue weighted by molar-refractivity contribution is 5.85. The van der Waals surface area contributed by atoms with Gasteiger partial charge in [-0.1, -0.05) is 0 Å². The number of hydrogen-bond acceptors (Lipinski definition) is 4. The quantitative estimate of drug-likeness (QED) is 0.906. The molecule has 0 aromatic carbocycles. The van der Waals surface area contributed by atoms with Crippen LogP contribution in [0.15, 0.2) is 6.07 Å². The minimum Gasteiger partial charge on any atom is -0.477 e. The van der Waals surface area contributed by atoms with Crippen LogP contribution in [-0.2, 0) is 6.54 Å². The van der Waals surface area contributed by atoms with Crippen LogP contribution in [0.4, 0.5) is 8.78 Å². The second kappa shape index (κ2) is 5.16. The third-order valence-electron chi connectivity index (χ3n) is 3.07. The summed E-state index contributed by atoms with van der Waals surface area (Å²) in [5.74, 6) is -3.34. The summed E-state index contributed by atoms with van der Waals surface area (Å²) in [7, 11) is 0. The van der Waals surface area contributed by atoms with Gasteiger partial charge in [-0.15, -0.1) is 0 Å². The van der Waals surface area contributed by atoms with Crippen LogP contribution in [-0.4, -0.2) is 45.0 Å². The molecule has 7 heteroatoms.